The van der Waals surface area contributed by atoms with Gasteiger partial charge in [-0.3, -0.25) is 4.79 Å². The lowest BCUT2D eigenvalue weighted by atomic mass is 9.87. The zero-order valence-electron chi connectivity index (χ0n) is 9.15. The normalized spacial score (nSPS) is 15.5. The lowest BCUT2D eigenvalue weighted by Gasteiger charge is -2.26. The number of hydrogen-bond acceptors (Lipinski definition) is 4. The maximum atomic E-state index is 11.4. The maximum absolute atomic E-state index is 11.4. The zero-order valence-corrected chi connectivity index (χ0v) is 9.15. The van der Waals surface area contributed by atoms with E-state index in [0.717, 1.165) is 0 Å². The van der Waals surface area contributed by atoms with Gasteiger partial charge in [-0.2, -0.15) is 0 Å². The van der Waals surface area contributed by atoms with Crippen LogP contribution in [0.2, 0.25) is 0 Å². The first kappa shape index (κ1) is 13.9. The van der Waals surface area contributed by atoms with E-state index in [0.29, 0.717) is 0 Å². The van der Waals surface area contributed by atoms with Gasteiger partial charge in [0.05, 0.1) is 12.6 Å². The Morgan fingerprint density at radius 1 is 1.40 bits per heavy atom. The number of carbonyl (C=O) groups is 2. The number of carboxylic acids is 1. The van der Waals surface area contributed by atoms with Crippen molar-refractivity contribution in [2.24, 2.45) is 11.1 Å². The van der Waals surface area contributed by atoms with Crippen molar-refractivity contribution in [3.05, 3.63) is 0 Å². The minimum Gasteiger partial charge on any atom is -0.479 e. The number of nitrogens with one attached hydrogen (secondary N) is 1. The molecule has 0 aromatic rings. The minimum atomic E-state index is -1.60. The van der Waals surface area contributed by atoms with Crippen LogP contribution in [0.25, 0.3) is 0 Å². The Labute approximate surface area is 88.5 Å². The lowest BCUT2D eigenvalue weighted by Crippen LogP contribution is -2.50. The summed E-state index contributed by atoms with van der Waals surface area (Å²) in [5, 5.41) is 19.5. The monoisotopic (exact) mass is 218 g/mol. The highest BCUT2D eigenvalue weighted by Gasteiger charge is 2.28. The fraction of sp³-hybridized carbons (Fsp3) is 0.778. The van der Waals surface area contributed by atoms with Crippen LogP contribution in [0.1, 0.15) is 20.8 Å². The molecular formula is C9H18N2O4. The standard InChI is InChI=1S/C9H18N2O4/c1-9(2,3)6(10)7(13)11-4-5(12)8(14)15/h5-6,12H,4,10H2,1-3H3,(H,11,13)(H,14,15)/t5-,6+/m0/s1. The third kappa shape index (κ3) is 4.75. The molecule has 5 N–H and O–H groups in total. The van der Waals surface area contributed by atoms with Gasteiger partial charge in [0.2, 0.25) is 5.91 Å². The quantitative estimate of drug-likeness (QED) is 0.479. The van der Waals surface area contributed by atoms with Crippen LogP contribution in [-0.2, 0) is 9.59 Å². The maximum Gasteiger partial charge on any atom is 0.334 e. The van der Waals surface area contributed by atoms with E-state index in [2.05, 4.69) is 5.32 Å². The molecule has 0 aromatic heterocycles. The fourth-order valence-electron chi connectivity index (χ4n) is 0.788. The van der Waals surface area contributed by atoms with Crippen LogP contribution < -0.4 is 11.1 Å². The summed E-state index contributed by atoms with van der Waals surface area (Å²) in [6.45, 7) is 5.05. The first-order valence-electron chi connectivity index (χ1n) is 4.60. The molecule has 0 unspecified atom stereocenters. The van der Waals surface area contributed by atoms with E-state index < -0.39 is 29.4 Å². The molecule has 0 aliphatic rings. The summed E-state index contributed by atoms with van der Waals surface area (Å²) in [4.78, 5) is 21.6. The molecule has 0 aliphatic heterocycles. The summed E-state index contributed by atoms with van der Waals surface area (Å²) in [5.74, 6) is -1.84. The van der Waals surface area contributed by atoms with Crippen LogP contribution in [0.5, 0.6) is 0 Å². The molecule has 0 aliphatic carbocycles. The van der Waals surface area contributed by atoms with Crippen molar-refractivity contribution >= 4 is 11.9 Å². The molecule has 0 aromatic carbocycles. The third-order valence-electron chi connectivity index (χ3n) is 1.97. The van der Waals surface area contributed by atoms with E-state index in [1.807, 2.05) is 0 Å². The molecule has 0 saturated carbocycles. The van der Waals surface area contributed by atoms with Gasteiger partial charge in [-0.25, -0.2) is 4.79 Å². The highest BCUT2D eigenvalue weighted by atomic mass is 16.4. The second-order valence-corrected chi connectivity index (χ2v) is 4.44. The zero-order chi connectivity index (χ0) is 12.2. The first-order valence-corrected chi connectivity index (χ1v) is 4.60. The molecule has 0 saturated heterocycles. The van der Waals surface area contributed by atoms with Gasteiger partial charge in [0.25, 0.3) is 0 Å². The van der Waals surface area contributed by atoms with Gasteiger partial charge < -0.3 is 21.3 Å². The van der Waals surface area contributed by atoms with E-state index >= 15 is 0 Å². The summed E-state index contributed by atoms with van der Waals surface area (Å²) in [7, 11) is 0. The molecule has 0 fully saturated rings. The van der Waals surface area contributed by atoms with Crippen LogP contribution in [0, 0.1) is 5.41 Å². The van der Waals surface area contributed by atoms with Gasteiger partial charge >= 0.3 is 5.97 Å². The van der Waals surface area contributed by atoms with Crippen LogP contribution in [0.3, 0.4) is 0 Å². The SMILES string of the molecule is CC(C)(C)[C@H](N)C(=O)NC[C@H](O)C(=O)O. The molecule has 0 radical (unpaired) electrons. The summed E-state index contributed by atoms with van der Waals surface area (Å²) in [5.41, 5.74) is 5.21. The van der Waals surface area contributed by atoms with E-state index in [1.165, 1.54) is 0 Å². The van der Waals surface area contributed by atoms with E-state index in [4.69, 9.17) is 15.9 Å². The number of hydrogen-bond donors (Lipinski definition) is 4. The van der Waals surface area contributed by atoms with Crippen molar-refractivity contribution in [2.75, 3.05) is 6.54 Å². The second-order valence-electron chi connectivity index (χ2n) is 4.44. The largest absolute Gasteiger partial charge is 0.479 e. The molecule has 6 nitrogen and oxygen atoms in total. The van der Waals surface area contributed by atoms with Crippen molar-refractivity contribution in [3.63, 3.8) is 0 Å². The van der Waals surface area contributed by atoms with Gasteiger partial charge in [-0.1, -0.05) is 20.8 Å². The summed E-state index contributed by atoms with van der Waals surface area (Å²) in [6.07, 6.45) is -1.60. The Bertz CT molecular complexity index is 247. The second kappa shape index (κ2) is 5.09. The smallest absolute Gasteiger partial charge is 0.334 e. The minimum absolute atomic E-state index is 0.335. The molecule has 88 valence electrons. The lowest BCUT2D eigenvalue weighted by molar-refractivity contribution is -0.146. The van der Waals surface area contributed by atoms with E-state index in [-0.39, 0.29) is 6.54 Å². The molecule has 15 heavy (non-hydrogen) atoms. The van der Waals surface area contributed by atoms with Crippen LogP contribution in [0.4, 0.5) is 0 Å². The van der Waals surface area contributed by atoms with Gasteiger partial charge in [0.1, 0.15) is 0 Å². The predicted molar refractivity (Wildman–Crippen MR) is 54.1 cm³/mol. The molecule has 0 bridgehead atoms. The Morgan fingerprint density at radius 3 is 2.20 bits per heavy atom. The van der Waals surface area contributed by atoms with Crippen molar-refractivity contribution < 1.29 is 19.8 Å². The summed E-state index contributed by atoms with van der Waals surface area (Å²) < 4.78 is 0. The topological polar surface area (TPSA) is 113 Å². The third-order valence-corrected chi connectivity index (χ3v) is 1.97. The molecule has 0 spiro atoms. The number of carbonyl (C=O) groups excluding carboxylic acids is 1. The highest BCUT2D eigenvalue weighted by molar-refractivity contribution is 5.83. The average molecular weight is 218 g/mol. The molecule has 6 heteroatoms. The van der Waals surface area contributed by atoms with Crippen molar-refractivity contribution in [1.82, 2.24) is 5.32 Å². The number of aliphatic carboxylic acids is 1. The highest BCUT2D eigenvalue weighted by Crippen LogP contribution is 2.16. The van der Waals surface area contributed by atoms with E-state index in [1.54, 1.807) is 20.8 Å². The molecule has 0 heterocycles. The Morgan fingerprint density at radius 2 is 1.87 bits per heavy atom. The van der Waals surface area contributed by atoms with Crippen LogP contribution in [-0.4, -0.2) is 40.8 Å². The molecular weight excluding hydrogens is 200 g/mol. The number of aliphatic hydroxyl groups excluding tert-OH is 1. The van der Waals surface area contributed by atoms with Gasteiger partial charge in [-0.15, -0.1) is 0 Å². The number of carboxylic acid groups (broad SMARTS) is 1. The van der Waals surface area contributed by atoms with Crippen LogP contribution >= 0.6 is 0 Å². The van der Waals surface area contributed by atoms with Gasteiger partial charge in [0.15, 0.2) is 6.10 Å². The number of nitrogens with two attached hydrogens (primary N) is 1. The first-order chi connectivity index (χ1) is 6.66. The number of amides is 1. The fourth-order valence-corrected chi connectivity index (χ4v) is 0.788. The van der Waals surface area contributed by atoms with Crippen LogP contribution in [0.15, 0.2) is 0 Å². The Kier molecular flexibility index (Phi) is 4.70. The van der Waals surface area contributed by atoms with Crippen molar-refractivity contribution in [3.8, 4) is 0 Å². The molecule has 2 atom stereocenters. The number of aliphatic hydroxyl groups is 1. The molecule has 0 rings (SSSR count). The summed E-state index contributed by atoms with van der Waals surface area (Å²) >= 11 is 0. The number of rotatable bonds is 4. The van der Waals surface area contributed by atoms with Gasteiger partial charge in [0, 0.05) is 0 Å². The Balaban J connectivity index is 4.11. The Hall–Kier alpha value is -1.14. The average Bonchev–Trinajstić information content (AvgIpc) is 2.10. The summed E-state index contributed by atoms with van der Waals surface area (Å²) in [6, 6.07) is -0.738. The molecule has 1 amide bonds. The van der Waals surface area contributed by atoms with Crippen molar-refractivity contribution in [1.29, 1.82) is 0 Å². The van der Waals surface area contributed by atoms with Gasteiger partial charge in [-0.05, 0) is 5.41 Å². The van der Waals surface area contributed by atoms with Crippen molar-refractivity contribution in [2.45, 2.75) is 32.9 Å². The van der Waals surface area contributed by atoms with E-state index in [9.17, 15) is 9.59 Å². The predicted octanol–water partition coefficient (Wildman–Crippen LogP) is -1.08.